The van der Waals surface area contributed by atoms with E-state index in [9.17, 15) is 9.59 Å². The molecule has 0 saturated carbocycles. The molecule has 0 bridgehead atoms. The van der Waals surface area contributed by atoms with Crippen LogP contribution in [-0.4, -0.2) is 23.7 Å². The van der Waals surface area contributed by atoms with Crippen molar-refractivity contribution >= 4 is 11.9 Å². The summed E-state index contributed by atoms with van der Waals surface area (Å²) in [5.74, 6) is -1.36. The Bertz CT molecular complexity index is 629. The van der Waals surface area contributed by atoms with Crippen molar-refractivity contribution in [3.63, 3.8) is 0 Å². The summed E-state index contributed by atoms with van der Waals surface area (Å²) in [7, 11) is 0. The van der Waals surface area contributed by atoms with Gasteiger partial charge in [-0.15, -0.1) is 0 Å². The number of esters is 1. The highest BCUT2D eigenvalue weighted by Gasteiger charge is 2.08. The molecule has 4 heteroatoms. The van der Waals surface area contributed by atoms with E-state index >= 15 is 0 Å². The molecule has 0 saturated heterocycles. The minimum atomic E-state index is -0.971. The van der Waals surface area contributed by atoms with Gasteiger partial charge in [-0.3, -0.25) is 0 Å². The highest BCUT2D eigenvalue weighted by molar-refractivity contribution is 5.91. The van der Waals surface area contributed by atoms with Crippen LogP contribution in [0.1, 0.15) is 27.6 Å². The molecule has 0 unspecified atom stereocenters. The fraction of sp³-hybridized carbons (Fsp3) is 0.125. The Hall–Kier alpha value is -2.62. The number of carbonyl (C=O) groups excluding carboxylic acids is 1. The molecule has 0 aromatic heterocycles. The molecule has 0 amide bonds. The summed E-state index contributed by atoms with van der Waals surface area (Å²) in [6, 6.07) is 14.4. The van der Waals surface area contributed by atoms with Gasteiger partial charge < -0.3 is 9.84 Å². The molecule has 101 valence electrons. The van der Waals surface area contributed by atoms with Crippen molar-refractivity contribution in [2.75, 3.05) is 6.61 Å². The number of ether oxygens (including phenoxy) is 1. The second-order valence-electron chi connectivity index (χ2n) is 4.09. The van der Waals surface area contributed by atoms with E-state index in [4.69, 9.17) is 9.84 Å². The lowest BCUT2D eigenvalue weighted by Crippen LogP contribution is -2.04. The number of hydrogen-bond donors (Lipinski definition) is 1. The maximum Gasteiger partial charge on any atom is 0.338 e. The van der Waals surface area contributed by atoms with Crippen LogP contribution in [0.4, 0.5) is 0 Å². The van der Waals surface area contributed by atoms with Crippen LogP contribution in [0, 0.1) is 6.07 Å². The first kappa shape index (κ1) is 13.8. The number of hydrogen-bond acceptors (Lipinski definition) is 3. The highest BCUT2D eigenvalue weighted by atomic mass is 16.5. The van der Waals surface area contributed by atoms with E-state index in [1.807, 2.05) is 0 Å². The van der Waals surface area contributed by atoms with Gasteiger partial charge >= 0.3 is 11.9 Å². The van der Waals surface area contributed by atoms with Gasteiger partial charge in [0.05, 0.1) is 17.7 Å². The lowest BCUT2D eigenvalue weighted by atomic mass is 10.0. The number of benzene rings is 2. The SMILES string of the molecule is CCOC(=O)c1cc[c]c(-c2ccc(C(=O)O)cc2)c1. The van der Waals surface area contributed by atoms with Gasteiger partial charge in [-0.05, 0) is 48.4 Å². The monoisotopic (exact) mass is 269 g/mol. The van der Waals surface area contributed by atoms with Crippen molar-refractivity contribution in [2.24, 2.45) is 0 Å². The molecule has 0 aliphatic carbocycles. The zero-order valence-electron chi connectivity index (χ0n) is 10.9. The van der Waals surface area contributed by atoms with Gasteiger partial charge in [-0.2, -0.15) is 0 Å². The van der Waals surface area contributed by atoms with Gasteiger partial charge in [0.15, 0.2) is 0 Å². The van der Waals surface area contributed by atoms with Crippen LogP contribution in [0.5, 0.6) is 0 Å². The Morgan fingerprint density at radius 2 is 1.85 bits per heavy atom. The standard InChI is InChI=1S/C16H13O4/c1-2-20-16(19)14-5-3-4-13(10-14)11-6-8-12(9-7-11)15(17)18/h3,5-10H,2H2,1H3,(H,17,18). The lowest BCUT2D eigenvalue weighted by Gasteiger charge is -2.05. The zero-order valence-corrected chi connectivity index (χ0v) is 10.9. The average Bonchev–Trinajstić information content (AvgIpc) is 2.48. The van der Waals surface area contributed by atoms with E-state index in [0.29, 0.717) is 17.7 Å². The summed E-state index contributed by atoms with van der Waals surface area (Å²) in [6.45, 7) is 2.07. The minimum Gasteiger partial charge on any atom is -0.478 e. The predicted molar refractivity (Wildman–Crippen MR) is 73.6 cm³/mol. The fourth-order valence-electron chi connectivity index (χ4n) is 1.77. The van der Waals surface area contributed by atoms with Crippen molar-refractivity contribution < 1.29 is 19.4 Å². The average molecular weight is 269 g/mol. The van der Waals surface area contributed by atoms with Crippen molar-refractivity contribution in [2.45, 2.75) is 6.92 Å². The molecular formula is C16H13O4. The van der Waals surface area contributed by atoms with E-state index in [0.717, 1.165) is 5.56 Å². The molecule has 0 aliphatic rings. The summed E-state index contributed by atoms with van der Waals surface area (Å²) in [5.41, 5.74) is 2.17. The Labute approximate surface area is 116 Å². The van der Waals surface area contributed by atoms with Gasteiger partial charge in [0, 0.05) is 0 Å². The fourth-order valence-corrected chi connectivity index (χ4v) is 1.77. The van der Waals surface area contributed by atoms with Crippen LogP contribution in [0.3, 0.4) is 0 Å². The summed E-state index contributed by atoms with van der Waals surface area (Å²) < 4.78 is 4.94. The van der Waals surface area contributed by atoms with E-state index < -0.39 is 5.97 Å². The van der Waals surface area contributed by atoms with Crippen LogP contribution < -0.4 is 0 Å². The smallest absolute Gasteiger partial charge is 0.338 e. The van der Waals surface area contributed by atoms with Crippen molar-refractivity contribution in [1.82, 2.24) is 0 Å². The van der Waals surface area contributed by atoms with Crippen molar-refractivity contribution in [3.8, 4) is 11.1 Å². The van der Waals surface area contributed by atoms with Crippen LogP contribution in [0.2, 0.25) is 0 Å². The number of carboxylic acid groups (broad SMARTS) is 1. The molecule has 1 radical (unpaired) electrons. The summed E-state index contributed by atoms with van der Waals surface area (Å²) >= 11 is 0. The number of rotatable bonds is 4. The Morgan fingerprint density at radius 1 is 1.15 bits per heavy atom. The summed E-state index contributed by atoms with van der Waals surface area (Å²) in [4.78, 5) is 22.5. The molecule has 2 rings (SSSR count). The molecular weight excluding hydrogens is 256 g/mol. The Kier molecular flexibility index (Phi) is 4.15. The number of carbonyl (C=O) groups is 2. The van der Waals surface area contributed by atoms with Crippen LogP contribution in [0.25, 0.3) is 11.1 Å². The van der Waals surface area contributed by atoms with Crippen LogP contribution in [-0.2, 0) is 4.74 Å². The Balaban J connectivity index is 2.31. The topological polar surface area (TPSA) is 63.6 Å². The largest absolute Gasteiger partial charge is 0.478 e. The zero-order chi connectivity index (χ0) is 14.5. The van der Waals surface area contributed by atoms with E-state index in [-0.39, 0.29) is 11.5 Å². The first-order valence-corrected chi connectivity index (χ1v) is 6.14. The maximum atomic E-state index is 11.7. The Morgan fingerprint density at radius 3 is 2.45 bits per heavy atom. The molecule has 0 atom stereocenters. The molecule has 1 N–H and O–H groups in total. The first-order valence-electron chi connectivity index (χ1n) is 6.14. The van der Waals surface area contributed by atoms with Gasteiger partial charge in [0.2, 0.25) is 0 Å². The van der Waals surface area contributed by atoms with Gasteiger partial charge in [0.25, 0.3) is 0 Å². The maximum absolute atomic E-state index is 11.7. The molecule has 0 fully saturated rings. The molecule has 0 heterocycles. The van der Waals surface area contributed by atoms with Gasteiger partial charge in [0.1, 0.15) is 0 Å². The van der Waals surface area contributed by atoms with Gasteiger partial charge in [-0.1, -0.05) is 18.2 Å². The number of aromatic carboxylic acids is 1. The van der Waals surface area contributed by atoms with Crippen molar-refractivity contribution in [1.29, 1.82) is 0 Å². The van der Waals surface area contributed by atoms with Gasteiger partial charge in [-0.25, -0.2) is 9.59 Å². The second kappa shape index (κ2) is 6.02. The normalized spacial score (nSPS) is 10.1. The van der Waals surface area contributed by atoms with E-state index in [1.165, 1.54) is 12.1 Å². The predicted octanol–water partition coefficient (Wildman–Crippen LogP) is 3.03. The highest BCUT2D eigenvalue weighted by Crippen LogP contribution is 2.21. The molecule has 20 heavy (non-hydrogen) atoms. The molecule has 4 nitrogen and oxygen atoms in total. The quantitative estimate of drug-likeness (QED) is 0.866. The van der Waals surface area contributed by atoms with Crippen molar-refractivity contribution in [3.05, 3.63) is 59.7 Å². The molecule has 2 aromatic rings. The molecule has 0 spiro atoms. The van der Waals surface area contributed by atoms with Crippen LogP contribution >= 0.6 is 0 Å². The number of carboxylic acids is 1. The summed E-state index contributed by atoms with van der Waals surface area (Å²) in [6.07, 6.45) is 0. The lowest BCUT2D eigenvalue weighted by molar-refractivity contribution is 0.0526. The van der Waals surface area contributed by atoms with E-state index in [1.54, 1.807) is 37.3 Å². The molecule has 2 aromatic carbocycles. The summed E-state index contributed by atoms with van der Waals surface area (Å²) in [5, 5.41) is 8.85. The second-order valence-corrected chi connectivity index (χ2v) is 4.09. The third kappa shape index (κ3) is 3.03. The molecule has 0 aliphatic heterocycles. The third-order valence-electron chi connectivity index (χ3n) is 2.76. The van der Waals surface area contributed by atoms with Crippen LogP contribution in [0.15, 0.2) is 42.5 Å². The third-order valence-corrected chi connectivity index (χ3v) is 2.76. The minimum absolute atomic E-state index is 0.218. The van der Waals surface area contributed by atoms with E-state index in [2.05, 4.69) is 6.07 Å². The first-order chi connectivity index (χ1) is 9.61.